The van der Waals surface area contributed by atoms with Gasteiger partial charge >= 0.3 is 0 Å². The summed E-state index contributed by atoms with van der Waals surface area (Å²) in [6, 6.07) is 21.1. The molecule has 27 heteroatoms. The molecule has 0 bridgehead atoms. The molecular weight excluding hydrogens is 1330 g/mol. The van der Waals surface area contributed by atoms with Crippen LogP contribution in [0.1, 0.15) is 129 Å². The second-order valence-corrected chi connectivity index (χ2v) is 28.5. The van der Waals surface area contributed by atoms with Crippen LogP contribution in [0.4, 0.5) is 5.69 Å². The number of rotatable bonds is 42. The van der Waals surface area contributed by atoms with E-state index in [0.717, 1.165) is 21.6 Å². The summed E-state index contributed by atoms with van der Waals surface area (Å²) in [7, 11) is 8.41. The van der Waals surface area contributed by atoms with Crippen LogP contribution in [-0.4, -0.2) is 236 Å². The van der Waals surface area contributed by atoms with E-state index in [4.69, 9.17) is 14.2 Å². The van der Waals surface area contributed by atoms with Crippen molar-refractivity contribution in [3.8, 4) is 0 Å². The molecule has 8 unspecified atom stereocenters. The van der Waals surface area contributed by atoms with Crippen molar-refractivity contribution < 1.29 is 77.2 Å². The van der Waals surface area contributed by atoms with Gasteiger partial charge in [0.25, 0.3) is 11.8 Å². The number of hydrogen-bond donors (Lipinski definition) is 9. The number of methoxy groups -OCH3 is 2. The number of aliphatic hydroxyl groups is 2. The Labute approximate surface area is 612 Å². The number of unbranched alkanes of at least 4 members (excludes halogenated alkanes) is 2. The first kappa shape index (κ1) is 84.5. The number of benzene rings is 3. The summed E-state index contributed by atoms with van der Waals surface area (Å²) in [5, 5.41) is 41.4. The van der Waals surface area contributed by atoms with Gasteiger partial charge in [-0.25, -0.2) is 0 Å². The molecule has 3 aromatic carbocycles. The molecule has 2 saturated heterocycles. The quantitative estimate of drug-likeness (QED) is 0.0290. The third-order valence-corrected chi connectivity index (χ3v) is 20.0. The van der Waals surface area contributed by atoms with Crippen LogP contribution < -0.4 is 37.2 Å². The summed E-state index contributed by atoms with van der Waals surface area (Å²) in [6.45, 7) is 13.7. The minimum atomic E-state index is -1.48. The lowest BCUT2D eigenvalue weighted by atomic mass is 9.89. The number of anilines is 1. The summed E-state index contributed by atoms with van der Waals surface area (Å²) in [5.74, 6) is -5.70. The maximum absolute atomic E-state index is 14.6. The van der Waals surface area contributed by atoms with E-state index in [-0.39, 0.29) is 98.5 Å². The molecule has 0 spiro atoms. The number of carbonyl (C=O) groups excluding carboxylic acids is 11. The van der Waals surface area contributed by atoms with E-state index in [9.17, 15) is 63.0 Å². The molecule has 0 saturated carbocycles. The molecular formula is C77H113N11O16. The van der Waals surface area contributed by atoms with E-state index in [2.05, 4.69) is 37.2 Å². The number of nitrogens with one attached hydrogen (secondary N) is 7. The first-order chi connectivity index (χ1) is 49.6. The fraction of sp³-hybridized carbons (Fsp3) is 0.597. The number of imide groups is 1. The number of aryl methyl sites for hydroxylation is 1. The van der Waals surface area contributed by atoms with Gasteiger partial charge in [0, 0.05) is 78.1 Å². The second kappa shape index (κ2) is 41.9. The Morgan fingerprint density at radius 3 is 1.88 bits per heavy atom. The number of amides is 11. The average Bonchev–Trinajstić information content (AvgIpc) is 1.05. The molecule has 104 heavy (non-hydrogen) atoms. The molecule has 0 radical (unpaired) electrons. The minimum absolute atomic E-state index is 0.00592. The monoisotopic (exact) mass is 1450 g/mol. The summed E-state index contributed by atoms with van der Waals surface area (Å²) in [6.07, 6.45) is 0.0677. The Bertz CT molecular complexity index is 3330. The van der Waals surface area contributed by atoms with Crippen LogP contribution >= 0.6 is 0 Å². The van der Waals surface area contributed by atoms with Gasteiger partial charge in [-0.05, 0) is 106 Å². The van der Waals surface area contributed by atoms with Gasteiger partial charge in [-0.3, -0.25) is 62.5 Å². The molecule has 0 aromatic heterocycles. The first-order valence-corrected chi connectivity index (χ1v) is 36.6. The van der Waals surface area contributed by atoms with Crippen LogP contribution in [-0.2, 0) is 86.2 Å². The van der Waals surface area contributed by atoms with Crippen molar-refractivity contribution in [1.82, 2.24) is 51.5 Å². The van der Waals surface area contributed by atoms with Crippen molar-refractivity contribution >= 4 is 70.7 Å². The van der Waals surface area contributed by atoms with E-state index in [1.807, 2.05) is 121 Å². The van der Waals surface area contributed by atoms with Gasteiger partial charge in [-0.1, -0.05) is 134 Å². The fourth-order valence-electron chi connectivity index (χ4n) is 14.0. The fourth-order valence-corrected chi connectivity index (χ4v) is 14.0. The van der Waals surface area contributed by atoms with Crippen molar-refractivity contribution in [3.05, 3.63) is 114 Å². The number of likely N-dealkylation sites (tertiary alicyclic amines) is 1. The van der Waals surface area contributed by atoms with Gasteiger partial charge in [0.1, 0.15) is 36.4 Å². The Balaban J connectivity index is 0.990. The van der Waals surface area contributed by atoms with Gasteiger partial charge < -0.3 is 71.4 Å². The first-order valence-electron chi connectivity index (χ1n) is 36.6. The maximum Gasteiger partial charge on any atom is 0.253 e. The zero-order chi connectivity index (χ0) is 76.3. The van der Waals surface area contributed by atoms with Crippen molar-refractivity contribution in [3.63, 3.8) is 0 Å². The lowest BCUT2D eigenvalue weighted by molar-refractivity contribution is -0.148. The van der Waals surface area contributed by atoms with Crippen molar-refractivity contribution in [2.24, 2.45) is 23.7 Å². The zero-order valence-corrected chi connectivity index (χ0v) is 62.6. The molecule has 11 amide bonds. The Morgan fingerprint density at radius 1 is 0.654 bits per heavy atom. The smallest absolute Gasteiger partial charge is 0.253 e. The average molecular weight is 1450 g/mol. The summed E-state index contributed by atoms with van der Waals surface area (Å²) in [4.78, 5) is 154. The van der Waals surface area contributed by atoms with E-state index in [0.29, 0.717) is 63.6 Å². The highest BCUT2D eigenvalue weighted by molar-refractivity contribution is 6.12. The molecule has 6 rings (SSSR count). The number of ether oxygens (including phenoxy) is 3. The number of hydrogen-bond acceptors (Lipinski definition) is 17. The normalized spacial score (nSPS) is 19.9. The zero-order valence-electron chi connectivity index (χ0n) is 62.6. The predicted octanol–water partition coefficient (Wildman–Crippen LogP) is 3.37. The maximum atomic E-state index is 14.6. The van der Waals surface area contributed by atoms with Crippen molar-refractivity contribution in [2.45, 2.75) is 205 Å². The summed E-state index contributed by atoms with van der Waals surface area (Å²) < 4.78 is 18.0. The van der Waals surface area contributed by atoms with Gasteiger partial charge in [-0.2, -0.15) is 0 Å². The van der Waals surface area contributed by atoms with Crippen LogP contribution in [0.5, 0.6) is 0 Å². The predicted molar refractivity (Wildman–Crippen MR) is 391 cm³/mol. The van der Waals surface area contributed by atoms with Gasteiger partial charge in [-0.15, -0.1) is 0 Å². The van der Waals surface area contributed by atoms with E-state index < -0.39 is 121 Å². The topological polar surface area (TPSA) is 353 Å². The number of nitrogens with zero attached hydrogens (tertiary/aromatic N) is 4. The largest absolute Gasteiger partial charge is 0.388 e. The number of likely N-dealkylation sites (N-methyl/N-ethyl adjacent to an activating group) is 2. The number of aliphatic hydroxyl groups excluding tert-OH is 2. The standard InChI is InChI=1S/C77H113N11O16/c1-13-49(6)69(86(10)77(101)67(47(2)3)84-76(100)68(48(4)5)85(8)9)58(102-11)44-66(94)87-41-23-28-57(87)72(103-12)50(7)73(97)83-56(42-53-26-19-15-20-27-53)75(99)78-39-38-52-30-33-54(34-31-52)81-63(91)46-80-74(98)55(35-32-51-24-17-14-18-25-51)82-62(90)43-59-70(95)71(96)60(104-59)45-79-61(89)29-21-16-22-40-88-64(92)36-37-65(88)93/h14-15,17-20,24-27,30-31,33-34,36-37,47-50,55-60,67-72,95-96H,13,16,21-23,28-29,32,35,38-46H2,1-12H3,(H,78,99)(H,79,89)(H,80,98)(H,81,91)(H,82,90)(H,83,97)(H,84,100)/t49-,50?,55+,56-,57?,58?,59-,60+,67-,68?,69?,70?,71?,72?/m0/s1. The van der Waals surface area contributed by atoms with Crippen LogP contribution in [0.15, 0.2) is 97.1 Å². The van der Waals surface area contributed by atoms with Gasteiger partial charge in [0.05, 0.1) is 61.7 Å². The molecule has 3 aromatic rings. The molecule has 2 fully saturated rings. The molecule has 0 aliphatic carbocycles. The van der Waals surface area contributed by atoms with E-state index in [1.165, 1.54) is 26.4 Å². The van der Waals surface area contributed by atoms with E-state index >= 15 is 0 Å². The third-order valence-electron chi connectivity index (χ3n) is 20.0. The highest BCUT2D eigenvalue weighted by atomic mass is 16.5. The van der Waals surface area contributed by atoms with Crippen LogP contribution in [0.25, 0.3) is 0 Å². The van der Waals surface area contributed by atoms with Gasteiger partial charge in [0.2, 0.25) is 53.2 Å². The lowest BCUT2D eigenvalue weighted by Crippen LogP contribution is -2.59. The van der Waals surface area contributed by atoms with Crippen LogP contribution in [0, 0.1) is 23.7 Å². The molecule has 572 valence electrons. The summed E-state index contributed by atoms with van der Waals surface area (Å²) >= 11 is 0. The van der Waals surface area contributed by atoms with Crippen LogP contribution in [0.2, 0.25) is 0 Å². The molecule has 9 N–H and O–H groups in total. The Hall–Kier alpha value is -8.47. The lowest BCUT2D eigenvalue weighted by Gasteiger charge is -2.41. The molecule has 3 aliphatic rings. The third kappa shape index (κ3) is 24.8. The highest BCUT2D eigenvalue weighted by Crippen LogP contribution is 2.31. The SMILES string of the molecule is CC[C@H](C)C(C(CC(=O)N1CCCC1C(OC)C(C)C(=O)N[C@@H](Cc1ccccc1)C(=O)NCCc1ccc(NC(=O)CNC(=O)[C@@H](CCc2ccccc2)NC(=O)C[C@@H]2O[C@H](CNC(=O)CCCCCN3C(=O)C=CC3=O)C(O)C2O)cc1)OC)N(C)C(=O)[C@@H](NC(=O)C(C(C)C)N(C)C)C(C)C. The number of carbonyl (C=O) groups is 11. The van der Waals surface area contributed by atoms with Crippen molar-refractivity contribution in [2.75, 3.05) is 73.4 Å². The van der Waals surface area contributed by atoms with E-state index in [1.54, 1.807) is 48.0 Å². The molecule has 3 aliphatic heterocycles. The van der Waals surface area contributed by atoms with Gasteiger partial charge in [0.15, 0.2) is 0 Å². The summed E-state index contributed by atoms with van der Waals surface area (Å²) in [5.41, 5.74) is 2.95. The molecule has 3 heterocycles. The molecule has 14 atom stereocenters. The van der Waals surface area contributed by atoms with Crippen molar-refractivity contribution in [1.29, 1.82) is 0 Å². The van der Waals surface area contributed by atoms with Crippen LogP contribution in [0.3, 0.4) is 0 Å². The second-order valence-electron chi connectivity index (χ2n) is 28.5. The minimum Gasteiger partial charge on any atom is -0.388 e. The Kier molecular flexibility index (Phi) is 34.0. The molecule has 27 nitrogen and oxygen atoms in total. The highest BCUT2D eigenvalue weighted by Gasteiger charge is 2.46. The Morgan fingerprint density at radius 2 is 1.28 bits per heavy atom.